The van der Waals surface area contributed by atoms with Crippen molar-refractivity contribution in [3.63, 3.8) is 0 Å². The van der Waals surface area contributed by atoms with Crippen LogP contribution < -0.4 is 21.3 Å². The Morgan fingerprint density at radius 2 is 1.41 bits per heavy atom. The molecular weight excluding hydrogens is 717 g/mol. The number of ether oxygens (including phenoxy) is 1. The van der Waals surface area contributed by atoms with Crippen molar-refractivity contribution in [2.75, 3.05) is 6.54 Å². The molecule has 0 spiro atoms. The van der Waals surface area contributed by atoms with Crippen molar-refractivity contribution in [2.45, 2.75) is 44.0 Å². The predicted octanol–water partition coefficient (Wildman–Crippen LogP) is 3.27. The molecule has 16 nitrogen and oxygen atoms in total. The molecule has 6 N–H and O–H groups in total. The second kappa shape index (κ2) is 17.2. The lowest BCUT2D eigenvalue weighted by Gasteiger charge is -2.25. The molecule has 3 aromatic heterocycles. The van der Waals surface area contributed by atoms with Crippen LogP contribution in [0.3, 0.4) is 0 Å². The van der Waals surface area contributed by atoms with Crippen molar-refractivity contribution < 1.29 is 28.7 Å². The number of benzene rings is 3. The zero-order valence-electron chi connectivity index (χ0n) is 30.0. The molecule has 284 valence electrons. The Kier molecular flexibility index (Phi) is 11.4. The average Bonchev–Trinajstić information content (AvgIpc) is 3.92. The molecular formula is C40H38N10O6. The number of hydrazone groups is 1. The fourth-order valence-corrected chi connectivity index (χ4v) is 6.44. The topological polar surface area (TPSA) is 216 Å². The third-order valence-electron chi connectivity index (χ3n) is 9.19. The second-order valence-electron chi connectivity index (χ2n) is 13.1. The van der Waals surface area contributed by atoms with E-state index in [1.807, 2.05) is 78.9 Å². The van der Waals surface area contributed by atoms with E-state index in [9.17, 15) is 24.0 Å². The number of nitrogens with one attached hydrogen (secondary N) is 6. The number of aromatic amines is 2. The van der Waals surface area contributed by atoms with E-state index < -0.39 is 48.0 Å². The summed E-state index contributed by atoms with van der Waals surface area (Å²) in [6.07, 6.45) is 8.96. The molecule has 3 unspecified atom stereocenters. The van der Waals surface area contributed by atoms with Crippen LogP contribution in [-0.2, 0) is 45.0 Å². The van der Waals surface area contributed by atoms with Gasteiger partial charge in [-0.25, -0.2) is 14.6 Å². The Hall–Kier alpha value is -7.36. The number of imide groups is 1. The average molecular weight is 755 g/mol. The molecule has 1 fully saturated rings. The van der Waals surface area contributed by atoms with Gasteiger partial charge in [-0.1, -0.05) is 66.7 Å². The van der Waals surface area contributed by atoms with Crippen LogP contribution in [0.1, 0.15) is 22.4 Å². The van der Waals surface area contributed by atoms with Crippen LogP contribution in [0.2, 0.25) is 0 Å². The van der Waals surface area contributed by atoms with Crippen LogP contribution in [0.25, 0.3) is 21.8 Å². The number of carbonyl (C=O) groups is 5. The first-order valence-corrected chi connectivity index (χ1v) is 17.9. The van der Waals surface area contributed by atoms with Crippen LogP contribution in [-0.4, -0.2) is 85.7 Å². The SMILES string of the molecule is O=C1CN(/N=C/C(Cc2ccccc2)NC(=O)C(Cc2c[nH]c3ccccc23)NC(=O)C(Cc2c[nH]c3ccccc23)NC(=O)OCc2cnccn2)C(=O)N1. The summed E-state index contributed by atoms with van der Waals surface area (Å²) in [5.41, 5.74) is 4.52. The molecule has 1 saturated heterocycles. The molecule has 3 atom stereocenters. The molecule has 0 bridgehead atoms. The molecule has 1 aliphatic heterocycles. The van der Waals surface area contributed by atoms with Crippen molar-refractivity contribution >= 4 is 57.9 Å². The highest BCUT2D eigenvalue weighted by Gasteiger charge is 2.31. The first kappa shape index (κ1) is 37.0. The number of hydrogen-bond acceptors (Lipinski definition) is 9. The summed E-state index contributed by atoms with van der Waals surface area (Å²) in [5, 5.41) is 17.7. The summed E-state index contributed by atoms with van der Waals surface area (Å²) in [4.78, 5) is 80.5. The molecule has 56 heavy (non-hydrogen) atoms. The number of aromatic nitrogens is 4. The normalized spacial score (nSPS) is 14.4. The summed E-state index contributed by atoms with van der Waals surface area (Å²) in [5.74, 6) is -1.67. The molecule has 0 saturated carbocycles. The van der Waals surface area contributed by atoms with Crippen LogP contribution in [0.4, 0.5) is 9.59 Å². The van der Waals surface area contributed by atoms with E-state index in [1.54, 1.807) is 12.4 Å². The lowest BCUT2D eigenvalue weighted by atomic mass is 10.0. The lowest BCUT2D eigenvalue weighted by Crippen LogP contribution is -2.56. The minimum Gasteiger partial charge on any atom is -0.443 e. The van der Waals surface area contributed by atoms with Gasteiger partial charge < -0.3 is 30.7 Å². The molecule has 4 heterocycles. The van der Waals surface area contributed by atoms with Gasteiger partial charge in [0.15, 0.2) is 0 Å². The van der Waals surface area contributed by atoms with Gasteiger partial charge in [0.1, 0.15) is 25.2 Å². The Balaban J connectivity index is 1.16. The summed E-state index contributed by atoms with van der Waals surface area (Å²) in [6.45, 7) is -0.434. The minimum atomic E-state index is -1.17. The number of alkyl carbamates (subject to hydrolysis) is 1. The standard InChI is InChI=1S/C40H38N10O6/c51-36-23-50(39(54)49-36)45-22-28(16-25-8-2-1-3-9-25)46-37(52)34(17-26-19-43-32-12-6-4-10-30(26)32)47-38(53)35(18-27-20-44-33-13-7-5-11-31(27)33)48-40(55)56-24-29-21-41-14-15-42-29/h1-15,19-22,28,34-35,43-44H,16-18,23-24H2,(H,46,52)(H,47,53)(H,48,55)(H,49,51,54)/b45-22+. The second-order valence-corrected chi connectivity index (χ2v) is 13.1. The van der Waals surface area contributed by atoms with Gasteiger partial charge in [0.05, 0.1) is 17.9 Å². The molecule has 3 aromatic carbocycles. The number of urea groups is 1. The quantitative estimate of drug-likeness (QED) is 0.0674. The monoisotopic (exact) mass is 754 g/mol. The number of amides is 6. The maximum Gasteiger partial charge on any atom is 0.408 e. The number of rotatable bonds is 15. The van der Waals surface area contributed by atoms with Gasteiger partial charge >= 0.3 is 12.1 Å². The van der Waals surface area contributed by atoms with Crippen molar-refractivity contribution in [1.29, 1.82) is 0 Å². The number of fused-ring (bicyclic) bond motifs is 2. The van der Waals surface area contributed by atoms with Crippen molar-refractivity contribution in [2.24, 2.45) is 5.10 Å². The Morgan fingerprint density at radius 1 is 0.786 bits per heavy atom. The first-order valence-electron chi connectivity index (χ1n) is 17.9. The molecule has 16 heteroatoms. The maximum atomic E-state index is 14.4. The molecule has 7 rings (SSSR count). The van der Waals surface area contributed by atoms with Gasteiger partial charge in [0.2, 0.25) is 17.7 Å². The van der Waals surface area contributed by atoms with Crippen LogP contribution in [0.15, 0.2) is 115 Å². The Bertz CT molecular complexity index is 2380. The van der Waals surface area contributed by atoms with Gasteiger partial charge in [-0.15, -0.1) is 0 Å². The summed E-state index contributed by atoms with van der Waals surface area (Å²) >= 11 is 0. The highest BCUT2D eigenvalue weighted by molar-refractivity contribution is 6.02. The molecule has 0 aliphatic carbocycles. The third kappa shape index (κ3) is 9.22. The van der Waals surface area contributed by atoms with E-state index in [4.69, 9.17) is 4.74 Å². The predicted molar refractivity (Wildman–Crippen MR) is 206 cm³/mol. The lowest BCUT2D eigenvalue weighted by molar-refractivity contribution is -0.130. The van der Waals surface area contributed by atoms with Crippen molar-refractivity contribution in [3.8, 4) is 0 Å². The fourth-order valence-electron chi connectivity index (χ4n) is 6.44. The van der Waals surface area contributed by atoms with Gasteiger partial charge in [-0.05, 0) is 35.2 Å². The van der Waals surface area contributed by atoms with Crippen LogP contribution in [0.5, 0.6) is 0 Å². The summed E-state index contributed by atoms with van der Waals surface area (Å²) in [6, 6.07) is 20.8. The zero-order valence-corrected chi connectivity index (χ0v) is 30.0. The molecule has 6 amide bonds. The number of para-hydroxylation sites is 2. The maximum absolute atomic E-state index is 14.4. The summed E-state index contributed by atoms with van der Waals surface area (Å²) in [7, 11) is 0. The van der Waals surface area contributed by atoms with Crippen LogP contribution in [0, 0.1) is 0 Å². The Morgan fingerprint density at radius 3 is 2.04 bits per heavy atom. The van der Waals surface area contributed by atoms with E-state index in [0.717, 1.165) is 43.5 Å². The minimum absolute atomic E-state index is 0.0669. The van der Waals surface area contributed by atoms with Gasteiger partial charge in [0.25, 0.3) is 0 Å². The number of hydrogen-bond donors (Lipinski definition) is 6. The molecule has 0 radical (unpaired) electrons. The third-order valence-corrected chi connectivity index (χ3v) is 9.19. The largest absolute Gasteiger partial charge is 0.443 e. The highest BCUT2D eigenvalue weighted by atomic mass is 16.5. The van der Waals surface area contributed by atoms with Gasteiger partial charge in [-0.3, -0.25) is 29.7 Å². The van der Waals surface area contributed by atoms with Crippen molar-refractivity contribution in [1.82, 2.24) is 46.2 Å². The smallest absolute Gasteiger partial charge is 0.408 e. The van der Waals surface area contributed by atoms with Crippen LogP contribution >= 0.6 is 0 Å². The van der Waals surface area contributed by atoms with E-state index in [-0.39, 0.29) is 32.4 Å². The number of H-pyrrole nitrogens is 2. The van der Waals surface area contributed by atoms with Crippen molar-refractivity contribution in [3.05, 3.63) is 132 Å². The molecule has 1 aliphatic rings. The van der Waals surface area contributed by atoms with Gasteiger partial charge in [-0.2, -0.15) is 5.10 Å². The van der Waals surface area contributed by atoms with E-state index in [0.29, 0.717) is 5.69 Å². The first-order chi connectivity index (χ1) is 27.3. The van der Waals surface area contributed by atoms with E-state index in [1.165, 1.54) is 24.8 Å². The fraction of sp³-hybridized carbons (Fsp3) is 0.200. The molecule has 6 aromatic rings. The zero-order chi connectivity index (χ0) is 38.9. The number of carbonyl (C=O) groups excluding carboxylic acids is 5. The highest BCUT2D eigenvalue weighted by Crippen LogP contribution is 2.21. The van der Waals surface area contributed by atoms with E-state index >= 15 is 0 Å². The Labute approximate surface area is 320 Å². The number of nitrogens with zero attached hydrogens (tertiary/aromatic N) is 4. The van der Waals surface area contributed by atoms with Gasteiger partial charge in [0, 0.05) is 65.6 Å². The summed E-state index contributed by atoms with van der Waals surface area (Å²) < 4.78 is 5.40. The van der Waals surface area contributed by atoms with E-state index in [2.05, 4.69) is 46.3 Å².